The molecule has 0 aromatic carbocycles. The first-order chi connectivity index (χ1) is 7.29. The van der Waals surface area contributed by atoms with Gasteiger partial charge >= 0.3 is 0 Å². The molecule has 0 heteroatoms. The van der Waals surface area contributed by atoms with Gasteiger partial charge in [-0.1, -0.05) is 61.0 Å². The second-order valence-corrected chi connectivity index (χ2v) is 5.66. The molecule has 0 bridgehead atoms. The Morgan fingerprint density at radius 1 is 1.00 bits per heavy atom. The van der Waals surface area contributed by atoms with E-state index in [0.717, 1.165) is 5.92 Å². The SMILES string of the molecule is C=CC.CCC(C)(C)C(CC)(CC)C(C)C. The van der Waals surface area contributed by atoms with Crippen LogP contribution in [0.4, 0.5) is 0 Å². The molecule has 0 aromatic rings. The number of rotatable bonds is 5. The lowest BCUT2D eigenvalue weighted by molar-refractivity contribution is 0.00370. The molecule has 0 amide bonds. The standard InChI is InChI=1S/C13H28.C3H6/c1-8-12(6,7)13(9-2,10-3)11(4)5;1-3-2/h11H,8-10H2,1-7H3;3H,1H2,2H3. The summed E-state index contributed by atoms with van der Waals surface area (Å²) >= 11 is 0. The molecule has 98 valence electrons. The Labute approximate surface area is 105 Å². The molecular formula is C16H34. The monoisotopic (exact) mass is 226 g/mol. The fourth-order valence-corrected chi connectivity index (χ4v) is 3.16. The van der Waals surface area contributed by atoms with Gasteiger partial charge in [-0.15, -0.1) is 6.58 Å². The van der Waals surface area contributed by atoms with Crippen molar-refractivity contribution in [2.75, 3.05) is 0 Å². The van der Waals surface area contributed by atoms with Crippen LogP contribution in [0.2, 0.25) is 0 Å². The fraction of sp³-hybridized carbons (Fsp3) is 0.875. The largest absolute Gasteiger partial charge is 0.103 e. The molecule has 0 atom stereocenters. The molecule has 0 aliphatic rings. The lowest BCUT2D eigenvalue weighted by atomic mass is 9.56. The van der Waals surface area contributed by atoms with E-state index >= 15 is 0 Å². The minimum absolute atomic E-state index is 0.477. The topological polar surface area (TPSA) is 0 Å². The van der Waals surface area contributed by atoms with Gasteiger partial charge in [-0.2, -0.15) is 0 Å². The van der Waals surface area contributed by atoms with Gasteiger partial charge in [0.05, 0.1) is 0 Å². The number of hydrogen-bond acceptors (Lipinski definition) is 0. The summed E-state index contributed by atoms with van der Waals surface area (Å²) in [6.45, 7) is 21.9. The molecule has 16 heavy (non-hydrogen) atoms. The molecule has 0 spiro atoms. The van der Waals surface area contributed by atoms with Gasteiger partial charge in [0.2, 0.25) is 0 Å². The first-order valence-electron chi connectivity index (χ1n) is 6.86. The summed E-state index contributed by atoms with van der Waals surface area (Å²) in [7, 11) is 0. The average Bonchev–Trinajstić information content (AvgIpc) is 2.20. The van der Waals surface area contributed by atoms with Crippen LogP contribution in [-0.2, 0) is 0 Å². The Hall–Kier alpha value is -0.260. The summed E-state index contributed by atoms with van der Waals surface area (Å²) in [4.78, 5) is 0. The van der Waals surface area contributed by atoms with Crippen molar-refractivity contribution in [1.29, 1.82) is 0 Å². The van der Waals surface area contributed by atoms with Gasteiger partial charge in [-0.3, -0.25) is 0 Å². The van der Waals surface area contributed by atoms with Gasteiger partial charge < -0.3 is 0 Å². The van der Waals surface area contributed by atoms with Crippen LogP contribution in [0.15, 0.2) is 12.7 Å². The molecule has 0 radical (unpaired) electrons. The van der Waals surface area contributed by atoms with Crippen molar-refractivity contribution in [3.05, 3.63) is 12.7 Å². The van der Waals surface area contributed by atoms with Crippen LogP contribution in [0, 0.1) is 16.7 Å². The summed E-state index contributed by atoms with van der Waals surface area (Å²) in [5, 5.41) is 0. The van der Waals surface area contributed by atoms with Crippen molar-refractivity contribution in [1.82, 2.24) is 0 Å². The summed E-state index contributed by atoms with van der Waals surface area (Å²) in [6, 6.07) is 0. The predicted octanol–water partition coefficient (Wildman–Crippen LogP) is 6.08. The molecule has 0 saturated heterocycles. The third-order valence-corrected chi connectivity index (χ3v) is 4.60. The lowest BCUT2D eigenvalue weighted by Crippen LogP contribution is -2.40. The van der Waals surface area contributed by atoms with Crippen LogP contribution in [0.1, 0.15) is 74.7 Å². The van der Waals surface area contributed by atoms with Crippen LogP contribution < -0.4 is 0 Å². The smallest absolute Gasteiger partial charge is 0.0229 e. The highest BCUT2D eigenvalue weighted by atomic mass is 14.5. The summed E-state index contributed by atoms with van der Waals surface area (Å²) in [6.07, 6.45) is 5.65. The van der Waals surface area contributed by atoms with E-state index in [9.17, 15) is 0 Å². The van der Waals surface area contributed by atoms with E-state index in [1.165, 1.54) is 19.3 Å². The Morgan fingerprint density at radius 3 is 1.38 bits per heavy atom. The molecule has 0 heterocycles. The van der Waals surface area contributed by atoms with Crippen LogP contribution in [0.25, 0.3) is 0 Å². The number of hydrogen-bond donors (Lipinski definition) is 0. The maximum Gasteiger partial charge on any atom is -0.0229 e. The Morgan fingerprint density at radius 2 is 1.31 bits per heavy atom. The first-order valence-corrected chi connectivity index (χ1v) is 6.86. The second-order valence-electron chi connectivity index (χ2n) is 5.66. The van der Waals surface area contributed by atoms with Crippen molar-refractivity contribution >= 4 is 0 Å². The van der Waals surface area contributed by atoms with E-state index in [2.05, 4.69) is 55.0 Å². The maximum atomic E-state index is 3.36. The molecule has 0 N–H and O–H groups in total. The zero-order valence-electron chi connectivity index (χ0n) is 13.0. The van der Waals surface area contributed by atoms with Crippen LogP contribution >= 0.6 is 0 Å². The zero-order valence-corrected chi connectivity index (χ0v) is 13.0. The van der Waals surface area contributed by atoms with Crippen molar-refractivity contribution in [3.63, 3.8) is 0 Å². The van der Waals surface area contributed by atoms with Gasteiger partial charge in [0.25, 0.3) is 0 Å². The highest BCUT2D eigenvalue weighted by molar-refractivity contribution is 4.92. The van der Waals surface area contributed by atoms with E-state index in [4.69, 9.17) is 0 Å². The Balaban J connectivity index is 0. The lowest BCUT2D eigenvalue weighted by Gasteiger charge is -2.49. The predicted molar refractivity (Wildman–Crippen MR) is 77.8 cm³/mol. The first kappa shape index (κ1) is 18.1. The highest BCUT2D eigenvalue weighted by Gasteiger charge is 2.42. The summed E-state index contributed by atoms with van der Waals surface area (Å²) < 4.78 is 0. The molecule has 0 saturated carbocycles. The minimum Gasteiger partial charge on any atom is -0.103 e. The molecule has 0 aromatic heterocycles. The van der Waals surface area contributed by atoms with Gasteiger partial charge in [0.15, 0.2) is 0 Å². The van der Waals surface area contributed by atoms with Crippen molar-refractivity contribution in [3.8, 4) is 0 Å². The second kappa shape index (κ2) is 7.92. The molecule has 0 nitrogen and oxygen atoms in total. The fourth-order valence-electron chi connectivity index (χ4n) is 3.16. The molecule has 0 aliphatic carbocycles. The maximum absolute atomic E-state index is 3.36. The molecule has 0 aliphatic heterocycles. The van der Waals surface area contributed by atoms with E-state index in [1.807, 2.05) is 6.92 Å². The summed E-state index contributed by atoms with van der Waals surface area (Å²) in [5.41, 5.74) is 1.01. The molecule has 0 fully saturated rings. The Bertz CT molecular complexity index is 170. The molecular weight excluding hydrogens is 192 g/mol. The number of allylic oxidation sites excluding steroid dienone is 1. The third-order valence-electron chi connectivity index (χ3n) is 4.60. The molecule has 0 rings (SSSR count). The van der Waals surface area contributed by atoms with Gasteiger partial charge in [-0.05, 0) is 36.5 Å². The van der Waals surface area contributed by atoms with E-state index < -0.39 is 0 Å². The zero-order chi connectivity index (χ0) is 13.4. The van der Waals surface area contributed by atoms with Gasteiger partial charge in [0, 0.05) is 0 Å². The highest BCUT2D eigenvalue weighted by Crippen LogP contribution is 2.51. The van der Waals surface area contributed by atoms with Gasteiger partial charge in [0.1, 0.15) is 0 Å². The van der Waals surface area contributed by atoms with Crippen LogP contribution in [-0.4, -0.2) is 0 Å². The van der Waals surface area contributed by atoms with Crippen molar-refractivity contribution in [2.45, 2.75) is 74.7 Å². The third kappa shape index (κ3) is 3.96. The summed E-state index contributed by atoms with van der Waals surface area (Å²) in [5.74, 6) is 0.789. The Kier molecular flexibility index (Phi) is 8.97. The van der Waals surface area contributed by atoms with E-state index in [1.54, 1.807) is 6.08 Å². The van der Waals surface area contributed by atoms with Crippen molar-refractivity contribution in [2.24, 2.45) is 16.7 Å². The van der Waals surface area contributed by atoms with Gasteiger partial charge in [-0.25, -0.2) is 0 Å². The molecule has 0 unspecified atom stereocenters. The minimum atomic E-state index is 0.477. The van der Waals surface area contributed by atoms with E-state index in [-0.39, 0.29) is 0 Å². The van der Waals surface area contributed by atoms with Crippen molar-refractivity contribution < 1.29 is 0 Å². The van der Waals surface area contributed by atoms with Crippen LogP contribution in [0.5, 0.6) is 0 Å². The van der Waals surface area contributed by atoms with E-state index in [0.29, 0.717) is 10.8 Å². The normalized spacial score (nSPS) is 12.1. The van der Waals surface area contributed by atoms with Crippen LogP contribution in [0.3, 0.4) is 0 Å². The quantitative estimate of drug-likeness (QED) is 0.498. The average molecular weight is 226 g/mol.